The fourth-order valence-corrected chi connectivity index (χ4v) is 4.24. The summed E-state index contributed by atoms with van der Waals surface area (Å²) in [7, 11) is 3.51. The predicted molar refractivity (Wildman–Crippen MR) is 92.2 cm³/mol. The highest BCUT2D eigenvalue weighted by Gasteiger charge is 2.32. The lowest BCUT2D eigenvalue weighted by Crippen LogP contribution is -2.30. The number of carbonyl (C=O) groups excluding carboxylic acids is 1. The highest BCUT2D eigenvalue weighted by Crippen LogP contribution is 2.33. The van der Waals surface area contributed by atoms with Crippen molar-refractivity contribution >= 4 is 11.6 Å². The van der Waals surface area contributed by atoms with E-state index >= 15 is 0 Å². The van der Waals surface area contributed by atoms with E-state index in [0.717, 1.165) is 19.0 Å². The molecule has 0 unspecified atom stereocenters. The van der Waals surface area contributed by atoms with Crippen LogP contribution in [-0.2, 0) is 0 Å². The van der Waals surface area contributed by atoms with Gasteiger partial charge in [-0.3, -0.25) is 9.69 Å². The molecule has 1 atom stereocenters. The maximum absolute atomic E-state index is 12.3. The van der Waals surface area contributed by atoms with Gasteiger partial charge in [0.25, 0.3) is 5.91 Å². The van der Waals surface area contributed by atoms with Crippen molar-refractivity contribution in [1.82, 2.24) is 24.4 Å². The van der Waals surface area contributed by atoms with E-state index in [0.29, 0.717) is 17.1 Å². The minimum absolute atomic E-state index is 0.0475. The number of likely N-dealkylation sites (tertiary alicyclic amines) is 1. The van der Waals surface area contributed by atoms with Crippen LogP contribution in [0.15, 0.2) is 18.5 Å². The van der Waals surface area contributed by atoms with Crippen LogP contribution in [0.25, 0.3) is 5.65 Å². The third-order valence-corrected chi connectivity index (χ3v) is 5.55. The highest BCUT2D eigenvalue weighted by molar-refractivity contribution is 5.99. The minimum Gasteiger partial charge on any atom is -0.345 e. The van der Waals surface area contributed by atoms with Crippen molar-refractivity contribution in [3.8, 4) is 0 Å². The first-order valence-corrected chi connectivity index (χ1v) is 8.93. The molecule has 0 N–H and O–H groups in total. The van der Waals surface area contributed by atoms with E-state index in [1.807, 2.05) is 10.7 Å². The van der Waals surface area contributed by atoms with Gasteiger partial charge in [0.05, 0.1) is 11.9 Å². The van der Waals surface area contributed by atoms with Gasteiger partial charge >= 0.3 is 0 Å². The molecular formula is C18H25N5O. The molecule has 0 spiro atoms. The smallest absolute Gasteiger partial charge is 0.258 e. The van der Waals surface area contributed by atoms with Crippen LogP contribution in [0.2, 0.25) is 0 Å². The van der Waals surface area contributed by atoms with Crippen LogP contribution in [0, 0.1) is 0 Å². The molecule has 1 aliphatic heterocycles. The van der Waals surface area contributed by atoms with Gasteiger partial charge in [0.1, 0.15) is 5.56 Å². The third kappa shape index (κ3) is 2.59. The molecule has 3 heterocycles. The van der Waals surface area contributed by atoms with E-state index in [-0.39, 0.29) is 5.91 Å². The van der Waals surface area contributed by atoms with E-state index in [1.54, 1.807) is 25.2 Å². The molecule has 2 aromatic heterocycles. The second-order valence-corrected chi connectivity index (χ2v) is 7.28. The van der Waals surface area contributed by atoms with Gasteiger partial charge in [-0.15, -0.1) is 0 Å². The maximum Gasteiger partial charge on any atom is 0.258 e. The molecule has 0 bridgehead atoms. The lowest BCUT2D eigenvalue weighted by molar-refractivity contribution is 0.0829. The lowest BCUT2D eigenvalue weighted by Gasteiger charge is -2.23. The topological polar surface area (TPSA) is 53.7 Å². The Kier molecular flexibility index (Phi) is 4.00. The molecule has 0 radical (unpaired) electrons. The van der Waals surface area contributed by atoms with E-state index < -0.39 is 0 Å². The molecule has 128 valence electrons. The van der Waals surface area contributed by atoms with Crippen LogP contribution < -0.4 is 0 Å². The predicted octanol–water partition coefficient (Wildman–Crippen LogP) is 2.16. The van der Waals surface area contributed by atoms with Crippen molar-refractivity contribution in [1.29, 1.82) is 0 Å². The van der Waals surface area contributed by atoms with Gasteiger partial charge in [-0.05, 0) is 31.9 Å². The Morgan fingerprint density at radius 1 is 1.25 bits per heavy atom. The number of amides is 1. The lowest BCUT2D eigenvalue weighted by atomic mass is 10.0. The molecular weight excluding hydrogens is 302 g/mol. The van der Waals surface area contributed by atoms with Crippen LogP contribution in [0.1, 0.15) is 54.1 Å². The molecule has 2 fully saturated rings. The fourth-order valence-electron chi connectivity index (χ4n) is 4.24. The largest absolute Gasteiger partial charge is 0.345 e. The number of hydrogen-bond acceptors (Lipinski definition) is 4. The Morgan fingerprint density at radius 2 is 2.04 bits per heavy atom. The van der Waals surface area contributed by atoms with Crippen LogP contribution in [0.5, 0.6) is 0 Å². The normalized spacial score (nSPS) is 22.5. The van der Waals surface area contributed by atoms with Crippen LogP contribution in [0.3, 0.4) is 0 Å². The molecule has 6 nitrogen and oxygen atoms in total. The quantitative estimate of drug-likeness (QED) is 0.867. The van der Waals surface area contributed by atoms with Gasteiger partial charge in [0.15, 0.2) is 5.65 Å². The maximum atomic E-state index is 12.3. The molecule has 6 heteroatoms. The first-order chi connectivity index (χ1) is 11.6. The number of hydrogen-bond donors (Lipinski definition) is 0. The summed E-state index contributed by atoms with van der Waals surface area (Å²) in [6.07, 6.45) is 10.1. The van der Waals surface area contributed by atoms with E-state index in [9.17, 15) is 4.79 Å². The number of aromatic nitrogens is 3. The van der Waals surface area contributed by atoms with Gasteiger partial charge in [0.2, 0.25) is 0 Å². The molecule has 1 amide bonds. The summed E-state index contributed by atoms with van der Waals surface area (Å²) in [6, 6.07) is 2.84. The molecule has 1 saturated heterocycles. The summed E-state index contributed by atoms with van der Waals surface area (Å²) in [5, 5.41) is 4.48. The Labute approximate surface area is 142 Å². The zero-order chi connectivity index (χ0) is 16.7. The summed E-state index contributed by atoms with van der Waals surface area (Å²) < 4.78 is 1.87. The number of fused-ring (bicyclic) bond motifs is 1. The Hall–Kier alpha value is -1.95. The summed E-state index contributed by atoms with van der Waals surface area (Å²) >= 11 is 0. The van der Waals surface area contributed by atoms with E-state index in [1.165, 1.54) is 37.9 Å². The van der Waals surface area contributed by atoms with Crippen molar-refractivity contribution in [3.63, 3.8) is 0 Å². The molecule has 1 aliphatic carbocycles. The van der Waals surface area contributed by atoms with Gasteiger partial charge in [-0.25, -0.2) is 9.50 Å². The Balaban J connectivity index is 1.62. The van der Waals surface area contributed by atoms with Crippen molar-refractivity contribution in [2.75, 3.05) is 27.2 Å². The van der Waals surface area contributed by atoms with Crippen LogP contribution >= 0.6 is 0 Å². The van der Waals surface area contributed by atoms with Crippen LogP contribution in [0.4, 0.5) is 0 Å². The van der Waals surface area contributed by atoms with Gasteiger partial charge in [-0.2, -0.15) is 5.10 Å². The minimum atomic E-state index is -0.0475. The molecule has 24 heavy (non-hydrogen) atoms. The molecule has 4 rings (SSSR count). The highest BCUT2D eigenvalue weighted by atomic mass is 16.2. The Morgan fingerprint density at radius 3 is 2.79 bits per heavy atom. The van der Waals surface area contributed by atoms with E-state index in [2.05, 4.69) is 21.0 Å². The van der Waals surface area contributed by atoms with E-state index in [4.69, 9.17) is 0 Å². The zero-order valence-electron chi connectivity index (χ0n) is 14.5. The fraction of sp³-hybridized carbons (Fsp3) is 0.611. The monoisotopic (exact) mass is 327 g/mol. The number of rotatable bonds is 3. The first kappa shape index (κ1) is 15.6. The second-order valence-electron chi connectivity index (χ2n) is 7.28. The molecule has 2 aromatic rings. The first-order valence-electron chi connectivity index (χ1n) is 8.93. The SMILES string of the molecule is CN(C)C(=O)c1cnn2c([C@H]3CCN(C4CCCC4)C3)ccnc12. The number of carbonyl (C=O) groups is 1. The summed E-state index contributed by atoms with van der Waals surface area (Å²) in [5.41, 5.74) is 2.43. The molecule has 1 saturated carbocycles. The average molecular weight is 327 g/mol. The van der Waals surface area contributed by atoms with Crippen molar-refractivity contribution in [3.05, 3.63) is 29.7 Å². The Bertz CT molecular complexity index is 747. The summed E-state index contributed by atoms with van der Waals surface area (Å²) in [5.74, 6) is 0.423. The van der Waals surface area contributed by atoms with Crippen LogP contribution in [-0.4, -0.2) is 63.5 Å². The van der Waals surface area contributed by atoms with Gasteiger partial charge < -0.3 is 4.90 Å². The third-order valence-electron chi connectivity index (χ3n) is 5.55. The average Bonchev–Trinajstić information content (AvgIpc) is 3.31. The van der Waals surface area contributed by atoms with Crippen molar-refractivity contribution < 1.29 is 4.79 Å². The molecule has 2 aliphatic rings. The standard InChI is InChI=1S/C18H25N5O/c1-21(2)18(24)15-11-20-23-16(7-9-19-17(15)23)13-8-10-22(12-13)14-5-3-4-6-14/h7,9,11,13-14H,3-6,8,10,12H2,1-2H3/t13-/m0/s1. The summed E-state index contributed by atoms with van der Waals surface area (Å²) in [4.78, 5) is 20.9. The van der Waals surface area contributed by atoms with Gasteiger partial charge in [-0.1, -0.05) is 12.8 Å². The summed E-state index contributed by atoms with van der Waals surface area (Å²) in [6.45, 7) is 2.27. The van der Waals surface area contributed by atoms with Gasteiger partial charge in [0, 0.05) is 38.8 Å². The van der Waals surface area contributed by atoms with Crippen molar-refractivity contribution in [2.24, 2.45) is 0 Å². The zero-order valence-corrected chi connectivity index (χ0v) is 14.5. The number of nitrogens with zero attached hydrogens (tertiary/aromatic N) is 5. The second kappa shape index (κ2) is 6.16. The van der Waals surface area contributed by atoms with Crippen molar-refractivity contribution in [2.45, 2.75) is 44.1 Å². The molecule has 0 aromatic carbocycles.